The lowest BCUT2D eigenvalue weighted by molar-refractivity contribution is -0.132. The summed E-state index contributed by atoms with van der Waals surface area (Å²) in [5, 5.41) is 13.9. The molecule has 0 unspecified atom stereocenters. The number of amides is 1. The molecule has 0 fully saturated rings. The maximum Gasteiger partial charge on any atom is 0.231 e. The fourth-order valence-corrected chi connectivity index (χ4v) is 3.86. The minimum Gasteiger partial charge on any atom is -0.480 e. The van der Waals surface area contributed by atoms with Crippen molar-refractivity contribution in [3.05, 3.63) is 53.5 Å². The van der Waals surface area contributed by atoms with Crippen LogP contribution in [-0.2, 0) is 24.2 Å². The van der Waals surface area contributed by atoms with Gasteiger partial charge in [0.15, 0.2) is 11.5 Å². The number of nitrogens with one attached hydrogen (secondary N) is 1. The molecule has 8 heteroatoms. The van der Waals surface area contributed by atoms with Crippen LogP contribution in [0.2, 0.25) is 0 Å². The molecule has 1 aromatic carbocycles. The van der Waals surface area contributed by atoms with Crippen LogP contribution < -0.4 is 4.74 Å². The van der Waals surface area contributed by atoms with E-state index in [4.69, 9.17) is 4.74 Å². The minimum absolute atomic E-state index is 0.115. The van der Waals surface area contributed by atoms with Gasteiger partial charge in [-0.05, 0) is 24.1 Å². The monoisotopic (exact) mass is 376 g/mol. The summed E-state index contributed by atoms with van der Waals surface area (Å²) in [6, 6.07) is 11.8. The number of methoxy groups -OCH3 is 1. The first-order chi connectivity index (χ1) is 13.7. The van der Waals surface area contributed by atoms with Crippen LogP contribution in [0.4, 0.5) is 0 Å². The highest BCUT2D eigenvalue weighted by Crippen LogP contribution is 2.27. The number of ether oxygens (including phenoxy) is 1. The predicted molar refractivity (Wildman–Crippen MR) is 103 cm³/mol. The number of hydrogen-bond acceptors (Lipinski definition) is 5. The standard InChI is InChI=1S/C20H20N6O2/c1-28-19-8-6-17-22-23-18(26(17)24-19)7-9-20(27)25-11-10-14-13-4-2-3-5-15(13)21-16(14)12-25/h2-6,8,21H,7,9-12H2,1H3. The third-order valence-corrected chi connectivity index (χ3v) is 5.31. The third kappa shape index (κ3) is 2.77. The Balaban J connectivity index is 1.30. The highest BCUT2D eigenvalue weighted by molar-refractivity contribution is 5.85. The van der Waals surface area contributed by atoms with Crippen molar-refractivity contribution in [3.63, 3.8) is 0 Å². The Kier molecular flexibility index (Phi) is 3.96. The van der Waals surface area contributed by atoms with Gasteiger partial charge in [-0.3, -0.25) is 4.79 Å². The Bertz CT molecular complexity index is 1180. The number of nitrogens with zero attached hydrogens (tertiary/aromatic N) is 5. The second-order valence-corrected chi connectivity index (χ2v) is 6.95. The lowest BCUT2D eigenvalue weighted by Gasteiger charge is -2.27. The molecule has 4 heterocycles. The summed E-state index contributed by atoms with van der Waals surface area (Å²) in [7, 11) is 1.57. The van der Waals surface area contributed by atoms with E-state index in [0.717, 1.165) is 24.2 Å². The summed E-state index contributed by atoms with van der Waals surface area (Å²) in [5.41, 5.74) is 4.25. The molecule has 0 bridgehead atoms. The highest BCUT2D eigenvalue weighted by Gasteiger charge is 2.24. The lowest BCUT2D eigenvalue weighted by Crippen LogP contribution is -2.36. The summed E-state index contributed by atoms with van der Waals surface area (Å²) in [5.74, 6) is 1.26. The van der Waals surface area contributed by atoms with Crippen LogP contribution in [0.25, 0.3) is 16.6 Å². The zero-order valence-electron chi connectivity index (χ0n) is 15.6. The Morgan fingerprint density at radius 2 is 2.11 bits per heavy atom. The third-order valence-electron chi connectivity index (χ3n) is 5.31. The molecule has 1 amide bonds. The quantitative estimate of drug-likeness (QED) is 0.589. The van der Waals surface area contributed by atoms with Gasteiger partial charge in [0.05, 0.1) is 13.7 Å². The number of benzene rings is 1. The van der Waals surface area contributed by atoms with Gasteiger partial charge in [-0.15, -0.1) is 15.3 Å². The maximum atomic E-state index is 12.8. The van der Waals surface area contributed by atoms with Crippen LogP contribution in [0, 0.1) is 0 Å². The summed E-state index contributed by atoms with van der Waals surface area (Å²) < 4.78 is 6.80. The Hall–Kier alpha value is -3.42. The summed E-state index contributed by atoms with van der Waals surface area (Å²) >= 11 is 0. The molecule has 0 saturated heterocycles. The van der Waals surface area contributed by atoms with Crippen molar-refractivity contribution in [2.45, 2.75) is 25.8 Å². The Morgan fingerprint density at radius 3 is 3.00 bits per heavy atom. The zero-order valence-corrected chi connectivity index (χ0v) is 15.6. The number of para-hydroxylation sites is 1. The molecule has 0 atom stereocenters. The van der Waals surface area contributed by atoms with Crippen molar-refractivity contribution in [1.82, 2.24) is 29.7 Å². The predicted octanol–water partition coefficient (Wildman–Crippen LogP) is 2.13. The van der Waals surface area contributed by atoms with Crippen molar-refractivity contribution in [1.29, 1.82) is 0 Å². The van der Waals surface area contributed by atoms with E-state index < -0.39 is 0 Å². The molecule has 3 aromatic heterocycles. The number of aryl methyl sites for hydroxylation is 1. The molecular formula is C20H20N6O2. The molecule has 142 valence electrons. The van der Waals surface area contributed by atoms with Gasteiger partial charge in [0.25, 0.3) is 0 Å². The van der Waals surface area contributed by atoms with E-state index >= 15 is 0 Å². The first kappa shape index (κ1) is 16.7. The number of hydrogen-bond donors (Lipinski definition) is 1. The van der Waals surface area contributed by atoms with Crippen molar-refractivity contribution in [2.75, 3.05) is 13.7 Å². The van der Waals surface area contributed by atoms with E-state index in [0.29, 0.717) is 36.7 Å². The number of carbonyl (C=O) groups excluding carboxylic acids is 1. The number of aromatic nitrogens is 5. The van der Waals surface area contributed by atoms with E-state index in [1.165, 1.54) is 10.9 Å². The largest absolute Gasteiger partial charge is 0.480 e. The second kappa shape index (κ2) is 6.63. The van der Waals surface area contributed by atoms with Gasteiger partial charge < -0.3 is 14.6 Å². The van der Waals surface area contributed by atoms with Gasteiger partial charge in [0.2, 0.25) is 11.8 Å². The van der Waals surface area contributed by atoms with Crippen molar-refractivity contribution >= 4 is 22.5 Å². The number of fused-ring (bicyclic) bond motifs is 4. The normalized spacial score (nSPS) is 13.8. The van der Waals surface area contributed by atoms with Crippen molar-refractivity contribution in [3.8, 4) is 5.88 Å². The number of rotatable bonds is 4. The van der Waals surface area contributed by atoms with E-state index in [1.54, 1.807) is 23.8 Å². The van der Waals surface area contributed by atoms with Crippen LogP contribution in [0.1, 0.15) is 23.5 Å². The van der Waals surface area contributed by atoms with E-state index in [9.17, 15) is 4.79 Å². The number of carbonyl (C=O) groups is 1. The first-order valence-electron chi connectivity index (χ1n) is 9.34. The second-order valence-electron chi connectivity index (χ2n) is 6.95. The highest BCUT2D eigenvalue weighted by atomic mass is 16.5. The number of aromatic amines is 1. The van der Waals surface area contributed by atoms with Crippen LogP contribution in [-0.4, -0.2) is 49.3 Å². The smallest absolute Gasteiger partial charge is 0.231 e. The van der Waals surface area contributed by atoms with Gasteiger partial charge in [0.1, 0.15) is 0 Å². The van der Waals surface area contributed by atoms with Crippen LogP contribution >= 0.6 is 0 Å². The molecule has 1 aliphatic rings. The SMILES string of the molecule is COc1ccc2nnc(CCC(=O)N3CCc4c([nH]c5ccccc45)C3)n2n1. The van der Waals surface area contributed by atoms with Crippen molar-refractivity contribution in [2.24, 2.45) is 0 Å². The molecule has 0 spiro atoms. The zero-order chi connectivity index (χ0) is 19.1. The van der Waals surface area contributed by atoms with Gasteiger partial charge >= 0.3 is 0 Å². The average Bonchev–Trinajstić information content (AvgIpc) is 3.31. The number of H-pyrrole nitrogens is 1. The lowest BCUT2D eigenvalue weighted by atomic mass is 10.0. The minimum atomic E-state index is 0.115. The van der Waals surface area contributed by atoms with E-state index in [2.05, 4.69) is 38.5 Å². The summed E-state index contributed by atoms with van der Waals surface area (Å²) in [4.78, 5) is 18.2. The maximum absolute atomic E-state index is 12.8. The van der Waals surface area contributed by atoms with Gasteiger partial charge in [-0.25, -0.2) is 0 Å². The van der Waals surface area contributed by atoms with Crippen LogP contribution in [0.5, 0.6) is 5.88 Å². The molecule has 8 nitrogen and oxygen atoms in total. The summed E-state index contributed by atoms with van der Waals surface area (Å²) in [6.07, 6.45) is 1.73. The van der Waals surface area contributed by atoms with Crippen LogP contribution in [0.3, 0.4) is 0 Å². The fraction of sp³-hybridized carbons (Fsp3) is 0.300. The molecule has 4 aromatic rings. The molecular weight excluding hydrogens is 356 g/mol. The van der Waals surface area contributed by atoms with Gasteiger partial charge in [-0.1, -0.05) is 18.2 Å². The van der Waals surface area contributed by atoms with Gasteiger partial charge in [-0.2, -0.15) is 4.52 Å². The van der Waals surface area contributed by atoms with E-state index in [-0.39, 0.29) is 5.91 Å². The van der Waals surface area contributed by atoms with Gasteiger partial charge in [0, 0.05) is 42.0 Å². The topological polar surface area (TPSA) is 88.4 Å². The molecule has 5 rings (SSSR count). The molecule has 0 saturated carbocycles. The molecule has 1 N–H and O–H groups in total. The molecule has 1 aliphatic heterocycles. The summed E-state index contributed by atoms with van der Waals surface area (Å²) in [6.45, 7) is 1.36. The fourth-order valence-electron chi connectivity index (χ4n) is 3.86. The van der Waals surface area contributed by atoms with E-state index in [1.807, 2.05) is 11.0 Å². The average molecular weight is 376 g/mol. The van der Waals surface area contributed by atoms with Crippen LogP contribution in [0.15, 0.2) is 36.4 Å². The van der Waals surface area contributed by atoms with Crippen molar-refractivity contribution < 1.29 is 9.53 Å². The Labute approximate surface area is 161 Å². The first-order valence-corrected chi connectivity index (χ1v) is 9.34. The molecule has 0 radical (unpaired) electrons. The molecule has 28 heavy (non-hydrogen) atoms. The molecule has 0 aliphatic carbocycles. The Morgan fingerprint density at radius 1 is 1.21 bits per heavy atom.